The van der Waals surface area contributed by atoms with E-state index in [0.29, 0.717) is 23.2 Å². The lowest BCUT2D eigenvalue weighted by Gasteiger charge is -2.22. The molecule has 1 aromatic heterocycles. The maximum absolute atomic E-state index is 14.0. The average Bonchev–Trinajstić information content (AvgIpc) is 2.88. The zero-order chi connectivity index (χ0) is 14.7. The van der Waals surface area contributed by atoms with Crippen molar-refractivity contribution in [2.24, 2.45) is 0 Å². The van der Waals surface area contributed by atoms with Crippen molar-refractivity contribution < 1.29 is 13.7 Å². The molecule has 21 heavy (non-hydrogen) atoms. The van der Waals surface area contributed by atoms with Crippen LogP contribution in [0.1, 0.15) is 31.4 Å². The molecule has 1 aromatic carbocycles. The van der Waals surface area contributed by atoms with Gasteiger partial charge in [0.05, 0.1) is 17.4 Å². The Bertz CT molecular complexity index is 606. The third-order valence-corrected chi connectivity index (χ3v) is 3.91. The van der Waals surface area contributed by atoms with Gasteiger partial charge in [0, 0.05) is 12.2 Å². The van der Waals surface area contributed by atoms with Crippen molar-refractivity contribution in [3.05, 3.63) is 35.8 Å². The fourth-order valence-electron chi connectivity index (χ4n) is 2.79. The number of nitrogen functional groups attached to an aromatic ring is 1. The lowest BCUT2D eigenvalue weighted by molar-refractivity contribution is 0.0113. The molecule has 1 saturated heterocycles. The van der Waals surface area contributed by atoms with Gasteiger partial charge in [-0.05, 0) is 38.2 Å². The van der Waals surface area contributed by atoms with Gasteiger partial charge in [0.2, 0.25) is 5.88 Å². The Hall–Kier alpha value is -1.88. The second-order valence-electron chi connectivity index (χ2n) is 5.38. The predicted molar refractivity (Wildman–Crippen MR) is 78.2 cm³/mol. The topological polar surface area (TPSA) is 61.3 Å². The van der Waals surface area contributed by atoms with E-state index < -0.39 is 0 Å². The molecule has 0 aliphatic carbocycles. The molecule has 1 fully saturated rings. The van der Waals surface area contributed by atoms with Crippen molar-refractivity contribution in [1.29, 1.82) is 0 Å². The zero-order valence-corrected chi connectivity index (χ0v) is 11.8. The molecule has 4 nitrogen and oxygen atoms in total. The highest BCUT2D eigenvalue weighted by Gasteiger charge is 2.21. The lowest BCUT2D eigenvalue weighted by atomic mass is 9.99. The second kappa shape index (κ2) is 6.26. The number of aryl methyl sites for hydroxylation is 1. The highest BCUT2D eigenvalue weighted by Crippen LogP contribution is 2.32. The van der Waals surface area contributed by atoms with E-state index >= 15 is 0 Å². The van der Waals surface area contributed by atoms with E-state index in [1.54, 1.807) is 18.2 Å². The number of nitrogens with two attached hydrogens (primary N) is 1. The molecule has 0 saturated carbocycles. The number of ether oxygens (including phenoxy) is 1. The molecule has 1 aliphatic heterocycles. The summed E-state index contributed by atoms with van der Waals surface area (Å²) in [4.78, 5) is 0. The summed E-state index contributed by atoms with van der Waals surface area (Å²) in [5, 5.41) is 4.00. The van der Waals surface area contributed by atoms with Crippen molar-refractivity contribution in [3.8, 4) is 11.1 Å². The van der Waals surface area contributed by atoms with Crippen LogP contribution in [0, 0.1) is 5.82 Å². The average molecular weight is 290 g/mol. The van der Waals surface area contributed by atoms with Crippen LogP contribution in [0.15, 0.2) is 28.8 Å². The number of benzene rings is 1. The number of hydrogen-bond donors (Lipinski definition) is 1. The minimum atomic E-state index is -0.317. The highest BCUT2D eigenvalue weighted by molar-refractivity contribution is 5.75. The standard InChI is InChI=1S/C16H19FN2O2/c17-13-7-2-1-6-12(13)15-14(19-21-16(15)18)9-8-11-5-3-4-10-20-11/h1-2,6-7,11H,3-5,8-10,18H2. The SMILES string of the molecule is Nc1onc(CCC2CCCCO2)c1-c1ccccc1F. The molecule has 0 bridgehead atoms. The summed E-state index contributed by atoms with van der Waals surface area (Å²) in [6, 6.07) is 6.53. The highest BCUT2D eigenvalue weighted by atomic mass is 19.1. The van der Waals surface area contributed by atoms with Crippen LogP contribution in [0.4, 0.5) is 10.3 Å². The van der Waals surface area contributed by atoms with Gasteiger partial charge in [-0.15, -0.1) is 0 Å². The fourth-order valence-corrected chi connectivity index (χ4v) is 2.79. The Kier molecular flexibility index (Phi) is 4.20. The molecule has 3 rings (SSSR count). The third kappa shape index (κ3) is 3.08. The molecular formula is C16H19FN2O2. The normalized spacial score (nSPS) is 18.8. The number of aromatic nitrogens is 1. The van der Waals surface area contributed by atoms with E-state index in [-0.39, 0.29) is 17.8 Å². The molecule has 1 unspecified atom stereocenters. The number of nitrogens with zero attached hydrogens (tertiary/aromatic N) is 1. The third-order valence-electron chi connectivity index (χ3n) is 3.91. The van der Waals surface area contributed by atoms with E-state index in [9.17, 15) is 4.39 Å². The van der Waals surface area contributed by atoms with Gasteiger partial charge in [-0.3, -0.25) is 0 Å². The summed E-state index contributed by atoms with van der Waals surface area (Å²) in [5.41, 5.74) is 7.54. The minimum absolute atomic E-state index is 0.166. The number of anilines is 1. The summed E-state index contributed by atoms with van der Waals surface area (Å²) < 4.78 is 24.7. The van der Waals surface area contributed by atoms with E-state index in [2.05, 4.69) is 5.16 Å². The molecule has 0 radical (unpaired) electrons. The second-order valence-corrected chi connectivity index (χ2v) is 5.38. The van der Waals surface area contributed by atoms with Crippen molar-refractivity contribution >= 4 is 5.88 Å². The van der Waals surface area contributed by atoms with Gasteiger partial charge in [-0.25, -0.2) is 4.39 Å². The first-order valence-electron chi connectivity index (χ1n) is 7.36. The Balaban J connectivity index is 1.79. The smallest absolute Gasteiger partial charge is 0.230 e. The lowest BCUT2D eigenvalue weighted by Crippen LogP contribution is -2.19. The van der Waals surface area contributed by atoms with Gasteiger partial charge in [-0.2, -0.15) is 0 Å². The molecule has 1 aliphatic rings. The Morgan fingerprint density at radius 3 is 2.90 bits per heavy atom. The van der Waals surface area contributed by atoms with Gasteiger partial charge >= 0.3 is 0 Å². The van der Waals surface area contributed by atoms with Crippen LogP contribution in [-0.4, -0.2) is 17.9 Å². The van der Waals surface area contributed by atoms with Gasteiger partial charge < -0.3 is 15.0 Å². The quantitative estimate of drug-likeness (QED) is 0.935. The van der Waals surface area contributed by atoms with Gasteiger partial charge in [0.15, 0.2) is 0 Å². The Morgan fingerprint density at radius 2 is 2.14 bits per heavy atom. The number of halogens is 1. The summed E-state index contributed by atoms with van der Waals surface area (Å²) in [6.45, 7) is 0.825. The molecule has 2 N–H and O–H groups in total. The predicted octanol–water partition coefficient (Wildman–Crippen LogP) is 3.56. The van der Waals surface area contributed by atoms with Gasteiger partial charge in [0.1, 0.15) is 5.82 Å². The molecule has 112 valence electrons. The van der Waals surface area contributed by atoms with E-state index in [1.165, 1.54) is 12.5 Å². The van der Waals surface area contributed by atoms with E-state index in [1.807, 2.05) is 0 Å². The monoisotopic (exact) mass is 290 g/mol. The van der Waals surface area contributed by atoms with Crippen molar-refractivity contribution in [3.63, 3.8) is 0 Å². The summed E-state index contributed by atoms with van der Waals surface area (Å²) in [7, 11) is 0. The van der Waals surface area contributed by atoms with Crippen LogP contribution < -0.4 is 5.73 Å². The molecule has 1 atom stereocenters. The molecule has 0 spiro atoms. The molecule has 2 heterocycles. The van der Waals surface area contributed by atoms with Crippen molar-refractivity contribution in [1.82, 2.24) is 5.16 Å². The first-order chi connectivity index (χ1) is 10.3. The molecule has 2 aromatic rings. The fraction of sp³-hybridized carbons (Fsp3) is 0.438. The summed E-state index contributed by atoms with van der Waals surface area (Å²) in [5.74, 6) is -0.151. The van der Waals surface area contributed by atoms with E-state index in [0.717, 1.165) is 25.9 Å². The molecule has 5 heteroatoms. The largest absolute Gasteiger partial charge is 0.378 e. The van der Waals surface area contributed by atoms with Crippen LogP contribution in [-0.2, 0) is 11.2 Å². The van der Waals surface area contributed by atoms with Crippen molar-refractivity contribution in [2.75, 3.05) is 12.3 Å². The Morgan fingerprint density at radius 1 is 1.29 bits per heavy atom. The van der Waals surface area contributed by atoms with Gasteiger partial charge in [-0.1, -0.05) is 23.4 Å². The summed E-state index contributed by atoms with van der Waals surface area (Å²) in [6.07, 6.45) is 5.19. The maximum atomic E-state index is 14.0. The molecular weight excluding hydrogens is 271 g/mol. The number of rotatable bonds is 4. The van der Waals surface area contributed by atoms with Crippen LogP contribution in [0.2, 0.25) is 0 Å². The molecule has 0 amide bonds. The van der Waals surface area contributed by atoms with Crippen LogP contribution >= 0.6 is 0 Å². The van der Waals surface area contributed by atoms with Gasteiger partial charge in [0.25, 0.3) is 0 Å². The van der Waals surface area contributed by atoms with E-state index in [4.69, 9.17) is 15.0 Å². The van der Waals surface area contributed by atoms with Crippen LogP contribution in [0.25, 0.3) is 11.1 Å². The maximum Gasteiger partial charge on any atom is 0.230 e. The number of hydrogen-bond acceptors (Lipinski definition) is 4. The Labute approximate surface area is 123 Å². The summed E-state index contributed by atoms with van der Waals surface area (Å²) >= 11 is 0. The van der Waals surface area contributed by atoms with Crippen molar-refractivity contribution in [2.45, 2.75) is 38.2 Å². The van der Waals surface area contributed by atoms with Crippen LogP contribution in [0.5, 0.6) is 0 Å². The van der Waals surface area contributed by atoms with Crippen LogP contribution in [0.3, 0.4) is 0 Å². The first kappa shape index (κ1) is 14.1. The first-order valence-corrected chi connectivity index (χ1v) is 7.36. The minimum Gasteiger partial charge on any atom is -0.378 e. The zero-order valence-electron chi connectivity index (χ0n) is 11.8.